The van der Waals surface area contributed by atoms with Crippen LogP contribution in [0.4, 0.5) is 21.7 Å². The molecule has 19 heavy (non-hydrogen) atoms. The lowest BCUT2D eigenvalue weighted by atomic mass is 10.1. The van der Waals surface area contributed by atoms with Crippen LogP contribution in [0.1, 0.15) is 0 Å². The van der Waals surface area contributed by atoms with E-state index in [9.17, 15) is 9.50 Å². The van der Waals surface area contributed by atoms with E-state index in [1.807, 2.05) is 0 Å². The normalized spacial score (nSPS) is 33.3. The van der Waals surface area contributed by atoms with Gasteiger partial charge in [-0.1, -0.05) is 0 Å². The molecule has 4 atom stereocenters. The topological polar surface area (TPSA) is 117 Å². The first kappa shape index (κ1) is 12.3. The molecule has 0 radical (unpaired) electrons. The van der Waals surface area contributed by atoms with E-state index in [2.05, 4.69) is 15.3 Å². The zero-order valence-corrected chi connectivity index (χ0v) is 9.90. The van der Waals surface area contributed by atoms with Crippen molar-refractivity contribution in [3.05, 3.63) is 6.33 Å². The molecule has 0 saturated carbocycles. The second-order valence-electron chi connectivity index (χ2n) is 4.44. The molecule has 1 fully saturated rings. The molecule has 1 aromatic heterocycles. The highest BCUT2D eigenvalue weighted by atomic mass is 19.1. The van der Waals surface area contributed by atoms with Crippen LogP contribution in [0.3, 0.4) is 0 Å². The van der Waals surface area contributed by atoms with Gasteiger partial charge in [0.1, 0.15) is 24.2 Å². The van der Waals surface area contributed by atoms with Crippen LogP contribution in [0, 0.1) is 0 Å². The summed E-state index contributed by atoms with van der Waals surface area (Å²) in [4.78, 5) is 9.38. The van der Waals surface area contributed by atoms with Crippen molar-refractivity contribution in [3.8, 4) is 0 Å². The quantitative estimate of drug-likeness (QED) is 0.522. The molecule has 4 unspecified atom stereocenters. The van der Waals surface area contributed by atoms with Crippen molar-refractivity contribution in [1.29, 1.82) is 0 Å². The van der Waals surface area contributed by atoms with Crippen LogP contribution >= 0.6 is 0 Å². The lowest BCUT2D eigenvalue weighted by Gasteiger charge is -2.25. The number of aliphatic hydroxyl groups excluding tert-OH is 2. The average Bonchev–Trinajstić information content (AvgIpc) is 2.94. The second-order valence-corrected chi connectivity index (χ2v) is 4.44. The molecule has 9 heteroatoms. The van der Waals surface area contributed by atoms with Gasteiger partial charge >= 0.3 is 0 Å². The summed E-state index contributed by atoms with van der Waals surface area (Å²) in [6.45, 7) is -0.202. The number of hydrogen-bond donors (Lipinski definition) is 4. The van der Waals surface area contributed by atoms with Gasteiger partial charge in [-0.25, -0.2) is 14.4 Å². The molecule has 104 valence electrons. The highest BCUT2D eigenvalue weighted by Gasteiger charge is 2.48. The van der Waals surface area contributed by atoms with Gasteiger partial charge in [-0.2, -0.15) is 0 Å². The maximum atomic E-state index is 14.0. The minimum Gasteiger partial charge on any atom is -0.394 e. The van der Waals surface area contributed by atoms with E-state index < -0.39 is 31.2 Å². The first-order chi connectivity index (χ1) is 9.13. The number of aromatic nitrogens is 2. The Morgan fingerprint density at radius 1 is 1.58 bits per heavy atom. The van der Waals surface area contributed by atoms with Crippen LogP contribution < -0.4 is 16.0 Å². The highest BCUT2D eigenvalue weighted by Crippen LogP contribution is 2.37. The Hall–Kier alpha value is -1.71. The first-order valence-corrected chi connectivity index (χ1v) is 5.83. The standard InChI is InChI=1S/C10H14FN5O3/c11-5-7(18)4(1-17)19-10(5)16-3-15-6-8(12)13-2-14-9(6)16/h2,4-5,7,10,15,17-18H,1,3H2,(H2,12,13,14). The predicted octanol–water partition coefficient (Wildman–Crippen LogP) is -1.34. The number of alkyl halides is 1. The summed E-state index contributed by atoms with van der Waals surface area (Å²) in [6.07, 6.45) is -3.69. The zero-order valence-electron chi connectivity index (χ0n) is 9.90. The summed E-state index contributed by atoms with van der Waals surface area (Å²) in [7, 11) is 0. The molecular weight excluding hydrogens is 257 g/mol. The van der Waals surface area contributed by atoms with Crippen molar-refractivity contribution in [2.45, 2.75) is 24.6 Å². The van der Waals surface area contributed by atoms with Gasteiger partial charge in [-0.15, -0.1) is 0 Å². The van der Waals surface area contributed by atoms with Gasteiger partial charge < -0.3 is 30.9 Å². The summed E-state index contributed by atoms with van der Waals surface area (Å²) in [6, 6.07) is 0. The van der Waals surface area contributed by atoms with Gasteiger partial charge in [0, 0.05) is 0 Å². The number of aliphatic hydroxyl groups is 2. The second kappa shape index (κ2) is 4.44. The van der Waals surface area contributed by atoms with E-state index in [1.54, 1.807) is 0 Å². The molecule has 0 amide bonds. The molecule has 0 aliphatic carbocycles. The van der Waals surface area contributed by atoms with Crippen LogP contribution in [-0.4, -0.2) is 58.1 Å². The Labute approximate surface area is 108 Å². The summed E-state index contributed by atoms with van der Waals surface area (Å²) in [5, 5.41) is 21.6. The summed E-state index contributed by atoms with van der Waals surface area (Å²) in [5.74, 6) is 0.686. The number of nitrogen functional groups attached to an aromatic ring is 1. The van der Waals surface area contributed by atoms with Crippen molar-refractivity contribution in [1.82, 2.24) is 9.97 Å². The molecule has 1 saturated heterocycles. The highest BCUT2D eigenvalue weighted by molar-refractivity contribution is 5.80. The third-order valence-electron chi connectivity index (χ3n) is 3.34. The number of anilines is 3. The fourth-order valence-electron chi connectivity index (χ4n) is 2.33. The van der Waals surface area contributed by atoms with Crippen LogP contribution in [-0.2, 0) is 4.74 Å². The molecule has 3 rings (SSSR count). The fraction of sp³-hybridized carbons (Fsp3) is 0.600. The largest absolute Gasteiger partial charge is 0.394 e. The van der Waals surface area contributed by atoms with Gasteiger partial charge in [0.2, 0.25) is 0 Å². The van der Waals surface area contributed by atoms with E-state index in [4.69, 9.17) is 15.6 Å². The lowest BCUT2D eigenvalue weighted by Crippen LogP contribution is -2.42. The van der Waals surface area contributed by atoms with Crippen molar-refractivity contribution >= 4 is 17.3 Å². The minimum atomic E-state index is -1.64. The molecule has 0 aromatic carbocycles. The lowest BCUT2D eigenvalue weighted by molar-refractivity contribution is -0.0219. The van der Waals surface area contributed by atoms with Crippen molar-refractivity contribution in [2.75, 3.05) is 29.2 Å². The third-order valence-corrected chi connectivity index (χ3v) is 3.34. The van der Waals surface area contributed by atoms with Gasteiger partial charge in [0.15, 0.2) is 24.0 Å². The van der Waals surface area contributed by atoms with Gasteiger partial charge in [0.05, 0.1) is 13.3 Å². The molecule has 2 aliphatic heterocycles. The van der Waals surface area contributed by atoms with Crippen LogP contribution in [0.2, 0.25) is 0 Å². The Bertz CT molecular complexity index is 490. The number of hydrogen-bond acceptors (Lipinski definition) is 8. The van der Waals surface area contributed by atoms with E-state index in [0.29, 0.717) is 11.5 Å². The summed E-state index contributed by atoms with van der Waals surface area (Å²) < 4.78 is 19.4. The van der Waals surface area contributed by atoms with E-state index in [-0.39, 0.29) is 12.5 Å². The maximum Gasteiger partial charge on any atom is 0.173 e. The van der Waals surface area contributed by atoms with Crippen molar-refractivity contribution in [3.63, 3.8) is 0 Å². The maximum absolute atomic E-state index is 14.0. The van der Waals surface area contributed by atoms with Gasteiger partial charge in [-0.3, -0.25) is 0 Å². The number of nitrogens with zero attached hydrogens (tertiary/aromatic N) is 3. The molecular formula is C10H14FN5O3. The third kappa shape index (κ3) is 1.78. The SMILES string of the molecule is Nc1ncnc2c1NCN2C1OC(CO)C(O)C1F. The molecule has 2 aliphatic rings. The summed E-state index contributed by atoms with van der Waals surface area (Å²) in [5.41, 5.74) is 6.20. The zero-order chi connectivity index (χ0) is 13.6. The Morgan fingerprint density at radius 2 is 2.37 bits per heavy atom. The molecule has 3 heterocycles. The molecule has 0 spiro atoms. The predicted molar refractivity (Wildman–Crippen MR) is 64.1 cm³/mol. The molecule has 8 nitrogen and oxygen atoms in total. The smallest absolute Gasteiger partial charge is 0.173 e. The Kier molecular flexibility index (Phi) is 2.88. The fourth-order valence-corrected chi connectivity index (χ4v) is 2.33. The number of rotatable bonds is 2. The monoisotopic (exact) mass is 271 g/mol. The van der Waals surface area contributed by atoms with Crippen LogP contribution in [0.25, 0.3) is 0 Å². The number of halogens is 1. The minimum absolute atomic E-state index is 0.244. The number of nitrogens with two attached hydrogens (primary N) is 1. The average molecular weight is 271 g/mol. The van der Waals surface area contributed by atoms with Crippen LogP contribution in [0.5, 0.6) is 0 Å². The number of nitrogens with one attached hydrogen (secondary N) is 1. The van der Waals surface area contributed by atoms with Crippen molar-refractivity contribution < 1.29 is 19.3 Å². The number of fused-ring (bicyclic) bond motifs is 1. The Morgan fingerprint density at radius 3 is 3.05 bits per heavy atom. The van der Waals surface area contributed by atoms with E-state index in [1.165, 1.54) is 11.2 Å². The van der Waals surface area contributed by atoms with Crippen LogP contribution in [0.15, 0.2) is 6.33 Å². The number of ether oxygens (including phenoxy) is 1. The Balaban J connectivity index is 1.88. The first-order valence-electron chi connectivity index (χ1n) is 5.83. The molecule has 1 aromatic rings. The molecule has 0 bridgehead atoms. The van der Waals surface area contributed by atoms with E-state index >= 15 is 0 Å². The summed E-state index contributed by atoms with van der Waals surface area (Å²) >= 11 is 0. The van der Waals surface area contributed by atoms with Crippen molar-refractivity contribution in [2.24, 2.45) is 0 Å². The van der Waals surface area contributed by atoms with Gasteiger partial charge in [0.25, 0.3) is 0 Å². The van der Waals surface area contributed by atoms with E-state index in [0.717, 1.165) is 0 Å². The van der Waals surface area contributed by atoms with Gasteiger partial charge in [-0.05, 0) is 0 Å². The molecule has 5 N–H and O–H groups in total.